The van der Waals surface area contributed by atoms with Crippen molar-refractivity contribution in [3.8, 4) is 5.75 Å². The van der Waals surface area contributed by atoms with Crippen molar-refractivity contribution < 1.29 is 9.47 Å². The first kappa shape index (κ1) is 16.4. The van der Waals surface area contributed by atoms with E-state index >= 15 is 0 Å². The number of nitrogens with one attached hydrogen (secondary N) is 1. The van der Waals surface area contributed by atoms with Crippen LogP contribution >= 0.6 is 0 Å². The molecule has 0 spiro atoms. The number of para-hydroxylation sites is 2. The molecule has 1 aromatic heterocycles. The first-order chi connectivity index (χ1) is 11.8. The Hall–Kier alpha value is -2.41. The summed E-state index contributed by atoms with van der Waals surface area (Å²) in [5.41, 5.74) is 0.835. The van der Waals surface area contributed by atoms with E-state index in [9.17, 15) is 0 Å². The Morgan fingerprint density at radius 1 is 1.17 bits per heavy atom. The van der Waals surface area contributed by atoms with Gasteiger partial charge in [0.2, 0.25) is 11.9 Å². The van der Waals surface area contributed by atoms with Gasteiger partial charge in [0.25, 0.3) is 0 Å². The minimum atomic E-state index is 0.541. The number of methoxy groups -OCH3 is 1. The Morgan fingerprint density at radius 2 is 1.96 bits per heavy atom. The molecule has 24 heavy (non-hydrogen) atoms. The van der Waals surface area contributed by atoms with E-state index in [1.807, 2.05) is 24.3 Å². The highest BCUT2D eigenvalue weighted by Crippen LogP contribution is 2.26. The third-order valence-corrected chi connectivity index (χ3v) is 3.79. The third-order valence-electron chi connectivity index (χ3n) is 3.79. The van der Waals surface area contributed by atoms with Crippen LogP contribution in [0.3, 0.4) is 0 Å². The zero-order valence-electron chi connectivity index (χ0n) is 14.2. The lowest BCUT2D eigenvalue weighted by Crippen LogP contribution is -2.37. The topological polar surface area (TPSA) is 72.4 Å². The van der Waals surface area contributed by atoms with Crippen molar-refractivity contribution in [1.82, 2.24) is 15.0 Å². The molecule has 3 rings (SSSR count). The van der Waals surface area contributed by atoms with Crippen LogP contribution in [0.4, 0.5) is 17.6 Å². The summed E-state index contributed by atoms with van der Waals surface area (Å²) in [5, 5.41) is 3.26. The number of hydrogen-bond acceptors (Lipinski definition) is 7. The molecule has 1 aliphatic rings. The maximum atomic E-state index is 5.41. The van der Waals surface area contributed by atoms with E-state index in [1.165, 1.54) is 0 Å². The second-order valence-electron chi connectivity index (χ2n) is 5.55. The quantitative estimate of drug-likeness (QED) is 0.872. The van der Waals surface area contributed by atoms with Crippen molar-refractivity contribution in [3.63, 3.8) is 0 Å². The summed E-state index contributed by atoms with van der Waals surface area (Å²) in [5.74, 6) is 2.79. The summed E-state index contributed by atoms with van der Waals surface area (Å²) in [4.78, 5) is 15.9. The Balaban J connectivity index is 1.89. The molecule has 7 heteroatoms. The number of anilines is 3. The lowest BCUT2D eigenvalue weighted by molar-refractivity contribution is 0.122. The van der Waals surface area contributed by atoms with Crippen molar-refractivity contribution in [2.45, 2.75) is 19.8 Å². The highest BCUT2D eigenvalue weighted by atomic mass is 16.5. The molecule has 1 N–H and O–H groups in total. The van der Waals surface area contributed by atoms with Gasteiger partial charge in [-0.2, -0.15) is 15.0 Å². The van der Waals surface area contributed by atoms with Crippen LogP contribution in [0.2, 0.25) is 0 Å². The zero-order valence-corrected chi connectivity index (χ0v) is 14.2. The van der Waals surface area contributed by atoms with Gasteiger partial charge in [-0.25, -0.2) is 0 Å². The normalized spacial score (nSPS) is 14.5. The molecule has 1 aromatic carbocycles. The molecule has 0 bridgehead atoms. The van der Waals surface area contributed by atoms with Gasteiger partial charge in [-0.05, 0) is 18.6 Å². The number of rotatable bonds is 6. The molecule has 1 aliphatic heterocycles. The van der Waals surface area contributed by atoms with Gasteiger partial charge in [-0.1, -0.05) is 19.1 Å². The molecule has 0 radical (unpaired) electrons. The SMILES string of the molecule is CCCc1nc(Nc2ccccc2OC)nc(N2CCOCC2)n1. The summed E-state index contributed by atoms with van der Waals surface area (Å²) in [6, 6.07) is 7.72. The molecule has 2 heterocycles. The van der Waals surface area contributed by atoms with Crippen LogP contribution in [0.5, 0.6) is 5.75 Å². The molecule has 0 unspecified atom stereocenters. The number of ether oxygens (including phenoxy) is 2. The smallest absolute Gasteiger partial charge is 0.232 e. The predicted molar refractivity (Wildman–Crippen MR) is 93.1 cm³/mol. The van der Waals surface area contributed by atoms with Gasteiger partial charge in [-0.3, -0.25) is 0 Å². The largest absolute Gasteiger partial charge is 0.495 e. The van der Waals surface area contributed by atoms with Crippen LogP contribution < -0.4 is 15.0 Å². The van der Waals surface area contributed by atoms with Crippen LogP contribution in [-0.2, 0) is 11.2 Å². The van der Waals surface area contributed by atoms with Gasteiger partial charge in [0, 0.05) is 19.5 Å². The maximum absolute atomic E-state index is 5.41. The van der Waals surface area contributed by atoms with E-state index in [-0.39, 0.29) is 0 Å². The van der Waals surface area contributed by atoms with Gasteiger partial charge in [0.05, 0.1) is 26.0 Å². The predicted octanol–water partition coefficient (Wildman–Crippen LogP) is 2.41. The van der Waals surface area contributed by atoms with E-state index in [0.717, 1.165) is 43.2 Å². The van der Waals surface area contributed by atoms with Gasteiger partial charge in [0.15, 0.2) is 0 Å². The lowest BCUT2D eigenvalue weighted by Gasteiger charge is -2.27. The number of nitrogens with zero attached hydrogens (tertiary/aromatic N) is 4. The van der Waals surface area contributed by atoms with Crippen molar-refractivity contribution in [2.75, 3.05) is 43.6 Å². The fourth-order valence-electron chi connectivity index (χ4n) is 2.57. The standard InChI is InChI=1S/C17H23N5O2/c1-3-6-15-19-16(18-13-7-4-5-8-14(13)23-2)21-17(20-15)22-9-11-24-12-10-22/h4-5,7-8H,3,6,9-12H2,1-2H3,(H,18,19,20,21). The van der Waals surface area contributed by atoms with Crippen molar-refractivity contribution in [3.05, 3.63) is 30.1 Å². The molecule has 128 valence electrons. The van der Waals surface area contributed by atoms with Gasteiger partial charge in [-0.15, -0.1) is 0 Å². The van der Waals surface area contributed by atoms with E-state index in [4.69, 9.17) is 9.47 Å². The first-order valence-corrected chi connectivity index (χ1v) is 8.28. The van der Waals surface area contributed by atoms with E-state index in [1.54, 1.807) is 7.11 Å². The van der Waals surface area contributed by atoms with Crippen LogP contribution in [0.15, 0.2) is 24.3 Å². The summed E-state index contributed by atoms with van der Waals surface area (Å²) in [6.07, 6.45) is 1.81. The number of hydrogen-bond donors (Lipinski definition) is 1. The molecule has 7 nitrogen and oxygen atoms in total. The molecule has 0 aliphatic carbocycles. The minimum absolute atomic E-state index is 0.541. The molecule has 1 fully saturated rings. The maximum Gasteiger partial charge on any atom is 0.232 e. The molecule has 2 aromatic rings. The van der Waals surface area contributed by atoms with Crippen molar-refractivity contribution in [1.29, 1.82) is 0 Å². The number of benzene rings is 1. The molecule has 0 atom stereocenters. The highest BCUT2D eigenvalue weighted by Gasteiger charge is 2.17. The van der Waals surface area contributed by atoms with Crippen LogP contribution in [0, 0.1) is 0 Å². The van der Waals surface area contributed by atoms with Crippen molar-refractivity contribution in [2.24, 2.45) is 0 Å². The minimum Gasteiger partial charge on any atom is -0.495 e. The average molecular weight is 329 g/mol. The van der Waals surface area contributed by atoms with E-state index in [0.29, 0.717) is 25.1 Å². The monoisotopic (exact) mass is 329 g/mol. The molecule has 1 saturated heterocycles. The molecule has 0 saturated carbocycles. The van der Waals surface area contributed by atoms with Crippen LogP contribution in [0.1, 0.15) is 19.2 Å². The lowest BCUT2D eigenvalue weighted by atomic mass is 10.3. The molecular formula is C17H23N5O2. The average Bonchev–Trinajstić information content (AvgIpc) is 2.63. The second kappa shape index (κ2) is 7.92. The highest BCUT2D eigenvalue weighted by molar-refractivity contribution is 5.62. The number of morpholine rings is 1. The molecular weight excluding hydrogens is 306 g/mol. The van der Waals surface area contributed by atoms with Crippen LogP contribution in [0.25, 0.3) is 0 Å². The summed E-state index contributed by atoms with van der Waals surface area (Å²) in [7, 11) is 1.65. The van der Waals surface area contributed by atoms with Crippen molar-refractivity contribution >= 4 is 17.6 Å². The zero-order chi connectivity index (χ0) is 16.8. The summed E-state index contributed by atoms with van der Waals surface area (Å²) >= 11 is 0. The van der Waals surface area contributed by atoms with Gasteiger partial charge >= 0.3 is 0 Å². The third kappa shape index (κ3) is 3.91. The second-order valence-corrected chi connectivity index (χ2v) is 5.55. The number of aryl methyl sites for hydroxylation is 1. The fourth-order valence-corrected chi connectivity index (χ4v) is 2.57. The Labute approximate surface area is 142 Å². The van der Waals surface area contributed by atoms with E-state index < -0.39 is 0 Å². The van der Waals surface area contributed by atoms with Gasteiger partial charge in [0.1, 0.15) is 11.6 Å². The fraction of sp³-hybridized carbons (Fsp3) is 0.471. The Bertz CT molecular complexity index is 674. The van der Waals surface area contributed by atoms with Gasteiger partial charge < -0.3 is 19.7 Å². The van der Waals surface area contributed by atoms with E-state index in [2.05, 4.69) is 32.1 Å². The summed E-state index contributed by atoms with van der Waals surface area (Å²) < 4.78 is 10.8. The Kier molecular flexibility index (Phi) is 5.43. The molecule has 0 amide bonds. The summed E-state index contributed by atoms with van der Waals surface area (Å²) in [6.45, 7) is 5.10. The Morgan fingerprint density at radius 3 is 2.71 bits per heavy atom. The number of aromatic nitrogens is 3. The van der Waals surface area contributed by atoms with Crippen LogP contribution in [-0.4, -0.2) is 48.4 Å². The first-order valence-electron chi connectivity index (χ1n) is 8.28.